The summed E-state index contributed by atoms with van der Waals surface area (Å²) in [6.45, 7) is 3.92. The lowest BCUT2D eigenvalue weighted by Gasteiger charge is -2.16. The van der Waals surface area contributed by atoms with E-state index < -0.39 is 18.1 Å². The molecule has 5 N–H and O–H groups in total. The molecule has 0 fully saturated rings. The summed E-state index contributed by atoms with van der Waals surface area (Å²) in [6.07, 6.45) is -0.896. The van der Waals surface area contributed by atoms with E-state index in [1.165, 1.54) is 0 Å². The predicted molar refractivity (Wildman–Crippen MR) is 111 cm³/mol. The molecule has 29 heavy (non-hydrogen) atoms. The molecular weight excluding hydrogens is 370 g/mol. The highest BCUT2D eigenvalue weighted by Crippen LogP contribution is 2.20. The van der Waals surface area contributed by atoms with Crippen LogP contribution in [0.25, 0.3) is 0 Å². The summed E-state index contributed by atoms with van der Waals surface area (Å²) >= 11 is 0. The second-order valence-corrected chi connectivity index (χ2v) is 7.15. The number of aliphatic hydroxyl groups excluding tert-OH is 1. The number of ether oxygens (including phenoxy) is 1. The molecule has 0 aliphatic rings. The number of nitrogens with two attached hydrogens (primary N) is 1. The zero-order chi connectivity index (χ0) is 21.2. The van der Waals surface area contributed by atoms with Gasteiger partial charge in [-0.15, -0.1) is 0 Å². The Morgan fingerprint density at radius 2 is 1.79 bits per heavy atom. The van der Waals surface area contributed by atoms with E-state index >= 15 is 0 Å². The van der Waals surface area contributed by atoms with Crippen LogP contribution in [0.1, 0.15) is 31.1 Å². The smallest absolute Gasteiger partial charge is 0.239 e. The minimum atomic E-state index is -0.896. The van der Waals surface area contributed by atoms with Crippen LogP contribution in [-0.4, -0.2) is 36.1 Å². The summed E-state index contributed by atoms with van der Waals surface area (Å²) in [5.74, 6) is -0.160. The summed E-state index contributed by atoms with van der Waals surface area (Å²) in [6, 6.07) is 16.2. The molecule has 2 amide bonds. The Hall–Kier alpha value is -2.90. The Balaban J connectivity index is 1.79. The van der Waals surface area contributed by atoms with Gasteiger partial charge in [0.2, 0.25) is 11.8 Å². The number of benzene rings is 2. The number of nitrogens with one attached hydrogen (secondary N) is 2. The van der Waals surface area contributed by atoms with Crippen molar-refractivity contribution >= 4 is 11.8 Å². The molecule has 0 aliphatic carbocycles. The number of aliphatic hydroxyl groups is 1. The molecule has 0 radical (unpaired) electrons. The minimum absolute atomic E-state index is 0.0173. The zero-order valence-corrected chi connectivity index (χ0v) is 16.8. The predicted octanol–water partition coefficient (Wildman–Crippen LogP) is 1.51. The lowest BCUT2D eigenvalue weighted by atomic mass is 10.1. The normalized spacial score (nSPS) is 12.9. The number of hydrogen-bond donors (Lipinski definition) is 4. The van der Waals surface area contributed by atoms with E-state index in [0.717, 1.165) is 5.56 Å². The van der Waals surface area contributed by atoms with E-state index in [1.54, 1.807) is 18.2 Å². The molecule has 156 valence electrons. The minimum Gasteiger partial charge on any atom is -0.489 e. The highest BCUT2D eigenvalue weighted by atomic mass is 16.5. The SMILES string of the molecule is CC(C)[C@H](N)C(=O)NCC(=O)NCC(O)c1cccc(OCc2ccccc2)c1. The van der Waals surface area contributed by atoms with Crippen molar-refractivity contribution in [1.82, 2.24) is 10.6 Å². The van der Waals surface area contributed by atoms with Gasteiger partial charge in [-0.25, -0.2) is 0 Å². The third-order valence-corrected chi connectivity index (χ3v) is 4.43. The highest BCUT2D eigenvalue weighted by Gasteiger charge is 2.18. The first-order valence-corrected chi connectivity index (χ1v) is 9.61. The van der Waals surface area contributed by atoms with Gasteiger partial charge in [0.1, 0.15) is 12.4 Å². The largest absolute Gasteiger partial charge is 0.489 e. The maximum Gasteiger partial charge on any atom is 0.239 e. The Morgan fingerprint density at radius 3 is 2.48 bits per heavy atom. The molecule has 2 rings (SSSR count). The van der Waals surface area contributed by atoms with Gasteiger partial charge in [-0.2, -0.15) is 0 Å². The van der Waals surface area contributed by atoms with Gasteiger partial charge < -0.3 is 26.2 Å². The molecule has 7 heteroatoms. The lowest BCUT2D eigenvalue weighted by Crippen LogP contribution is -2.47. The maximum absolute atomic E-state index is 11.9. The van der Waals surface area contributed by atoms with E-state index in [0.29, 0.717) is 17.9 Å². The van der Waals surface area contributed by atoms with E-state index in [9.17, 15) is 14.7 Å². The molecule has 0 bridgehead atoms. The molecule has 2 aromatic rings. The summed E-state index contributed by atoms with van der Waals surface area (Å²) in [5, 5.41) is 15.4. The van der Waals surface area contributed by atoms with Crippen LogP contribution in [-0.2, 0) is 16.2 Å². The fraction of sp³-hybridized carbons (Fsp3) is 0.364. The second-order valence-electron chi connectivity index (χ2n) is 7.15. The van der Waals surface area contributed by atoms with Gasteiger partial charge in [-0.05, 0) is 29.2 Å². The average molecular weight is 399 g/mol. The third-order valence-electron chi connectivity index (χ3n) is 4.43. The van der Waals surface area contributed by atoms with Crippen molar-refractivity contribution in [2.75, 3.05) is 13.1 Å². The molecule has 0 spiro atoms. The average Bonchev–Trinajstić information content (AvgIpc) is 2.74. The van der Waals surface area contributed by atoms with Gasteiger partial charge in [-0.1, -0.05) is 56.3 Å². The quantitative estimate of drug-likeness (QED) is 0.484. The van der Waals surface area contributed by atoms with Crippen molar-refractivity contribution in [3.8, 4) is 5.75 Å². The molecule has 0 aromatic heterocycles. The van der Waals surface area contributed by atoms with E-state index in [1.807, 2.05) is 50.2 Å². The van der Waals surface area contributed by atoms with Crippen LogP contribution in [0.15, 0.2) is 54.6 Å². The van der Waals surface area contributed by atoms with E-state index in [-0.39, 0.29) is 24.9 Å². The van der Waals surface area contributed by atoms with Crippen LogP contribution in [0.5, 0.6) is 5.75 Å². The molecule has 1 unspecified atom stereocenters. The van der Waals surface area contributed by atoms with Gasteiger partial charge >= 0.3 is 0 Å². The van der Waals surface area contributed by atoms with Gasteiger partial charge in [0.15, 0.2) is 0 Å². The van der Waals surface area contributed by atoms with Crippen molar-refractivity contribution in [1.29, 1.82) is 0 Å². The molecule has 2 atom stereocenters. The van der Waals surface area contributed by atoms with Crippen molar-refractivity contribution in [3.63, 3.8) is 0 Å². The number of carbonyl (C=O) groups is 2. The monoisotopic (exact) mass is 399 g/mol. The molecule has 2 aromatic carbocycles. The lowest BCUT2D eigenvalue weighted by molar-refractivity contribution is -0.127. The first-order valence-electron chi connectivity index (χ1n) is 9.61. The number of rotatable bonds is 10. The third kappa shape index (κ3) is 7.56. The van der Waals surface area contributed by atoms with Crippen LogP contribution in [0, 0.1) is 5.92 Å². The summed E-state index contributed by atoms with van der Waals surface area (Å²) in [4.78, 5) is 23.7. The highest BCUT2D eigenvalue weighted by molar-refractivity contribution is 5.87. The van der Waals surface area contributed by atoms with Crippen molar-refractivity contribution in [2.45, 2.75) is 32.6 Å². The van der Waals surface area contributed by atoms with Gasteiger partial charge in [0, 0.05) is 6.54 Å². The Bertz CT molecular complexity index is 796. The van der Waals surface area contributed by atoms with Crippen LogP contribution in [0.4, 0.5) is 0 Å². The zero-order valence-electron chi connectivity index (χ0n) is 16.8. The Morgan fingerprint density at radius 1 is 1.07 bits per heavy atom. The van der Waals surface area contributed by atoms with Crippen molar-refractivity contribution in [2.24, 2.45) is 11.7 Å². The maximum atomic E-state index is 11.9. The molecule has 0 saturated heterocycles. The number of amides is 2. The summed E-state index contributed by atoms with van der Waals surface area (Å²) < 4.78 is 5.76. The molecule has 0 saturated carbocycles. The molecule has 7 nitrogen and oxygen atoms in total. The molecule has 0 heterocycles. The first-order chi connectivity index (χ1) is 13.9. The second kappa shape index (κ2) is 11.2. The van der Waals surface area contributed by atoms with Crippen LogP contribution in [0.3, 0.4) is 0 Å². The van der Waals surface area contributed by atoms with Gasteiger partial charge in [0.05, 0.1) is 18.7 Å². The van der Waals surface area contributed by atoms with Crippen molar-refractivity contribution < 1.29 is 19.4 Å². The Labute approximate surface area is 171 Å². The van der Waals surface area contributed by atoms with Crippen molar-refractivity contribution in [3.05, 3.63) is 65.7 Å². The number of carbonyl (C=O) groups excluding carboxylic acids is 2. The summed E-state index contributed by atoms with van der Waals surface area (Å²) in [7, 11) is 0. The molecule has 0 aliphatic heterocycles. The molecular formula is C22H29N3O4. The standard InChI is InChI=1S/C22H29N3O4/c1-15(2)21(23)22(28)25-13-20(27)24-12-19(26)17-9-6-10-18(11-17)29-14-16-7-4-3-5-8-16/h3-11,15,19,21,26H,12-14,23H2,1-2H3,(H,24,27)(H,25,28)/t19?,21-/m0/s1. The van der Waals surface area contributed by atoms with Crippen LogP contribution >= 0.6 is 0 Å². The van der Waals surface area contributed by atoms with Crippen LogP contribution in [0.2, 0.25) is 0 Å². The summed E-state index contributed by atoms with van der Waals surface area (Å²) in [5.41, 5.74) is 7.40. The first kappa shape index (κ1) is 22.4. The Kier molecular flexibility index (Phi) is 8.64. The topological polar surface area (TPSA) is 114 Å². The fourth-order valence-corrected chi connectivity index (χ4v) is 2.53. The fourth-order valence-electron chi connectivity index (χ4n) is 2.53. The van der Waals surface area contributed by atoms with Crippen LogP contribution < -0.4 is 21.1 Å². The van der Waals surface area contributed by atoms with E-state index in [4.69, 9.17) is 10.5 Å². The van der Waals surface area contributed by atoms with Gasteiger partial charge in [-0.3, -0.25) is 9.59 Å². The number of hydrogen-bond acceptors (Lipinski definition) is 5. The van der Waals surface area contributed by atoms with Gasteiger partial charge in [0.25, 0.3) is 0 Å². The van der Waals surface area contributed by atoms with E-state index in [2.05, 4.69) is 10.6 Å².